The average Bonchev–Trinajstić information content (AvgIpc) is 3.01. The van der Waals surface area contributed by atoms with E-state index in [2.05, 4.69) is 0 Å². The zero-order chi connectivity index (χ0) is 11.1. The lowest BCUT2D eigenvalue weighted by Crippen LogP contribution is -2.43. The molecule has 94 valence electrons. The monoisotopic (exact) mass is 269 g/mol. The maximum atomic E-state index is 11.8. The number of nitrogens with zero attached hydrogens (tertiary/aromatic N) is 1. The highest BCUT2D eigenvalue weighted by atomic mass is 35.5. The molecule has 1 N–H and O–H groups in total. The number of aliphatic carboxylic acids is 1. The molecule has 0 aromatic heterocycles. The number of piperidine rings is 1. The summed E-state index contributed by atoms with van der Waals surface area (Å²) in [6.45, 7) is 0.650. The Balaban J connectivity index is 0.00000128. The molecule has 7 heteroatoms. The zero-order valence-corrected chi connectivity index (χ0v) is 10.5. The highest BCUT2D eigenvalue weighted by Crippen LogP contribution is 2.33. The third-order valence-electron chi connectivity index (χ3n) is 3.04. The van der Waals surface area contributed by atoms with Crippen molar-refractivity contribution < 1.29 is 18.3 Å². The van der Waals surface area contributed by atoms with E-state index in [1.807, 2.05) is 0 Å². The Morgan fingerprint density at radius 1 is 1.25 bits per heavy atom. The molecule has 0 amide bonds. The lowest BCUT2D eigenvalue weighted by molar-refractivity contribution is -0.142. The topological polar surface area (TPSA) is 74.7 Å². The van der Waals surface area contributed by atoms with E-state index in [1.54, 1.807) is 0 Å². The van der Waals surface area contributed by atoms with Crippen LogP contribution in [-0.2, 0) is 14.8 Å². The van der Waals surface area contributed by atoms with Crippen molar-refractivity contribution in [3.05, 3.63) is 0 Å². The zero-order valence-electron chi connectivity index (χ0n) is 8.83. The van der Waals surface area contributed by atoms with Gasteiger partial charge in [-0.3, -0.25) is 4.79 Å². The smallest absolute Gasteiger partial charge is 0.307 e. The highest BCUT2D eigenvalue weighted by Gasteiger charge is 2.42. The lowest BCUT2D eigenvalue weighted by atomic mass is 10.0. The van der Waals surface area contributed by atoms with Gasteiger partial charge in [0.05, 0.1) is 11.2 Å². The first-order valence-electron chi connectivity index (χ1n) is 5.23. The van der Waals surface area contributed by atoms with Crippen LogP contribution < -0.4 is 0 Å². The molecular formula is C9H16ClNO4S. The van der Waals surface area contributed by atoms with Crippen molar-refractivity contribution in [2.45, 2.75) is 30.9 Å². The summed E-state index contributed by atoms with van der Waals surface area (Å²) in [6.07, 6.45) is 2.71. The van der Waals surface area contributed by atoms with E-state index >= 15 is 0 Å². The van der Waals surface area contributed by atoms with Gasteiger partial charge in [0.1, 0.15) is 0 Å². The number of hydrogen-bond acceptors (Lipinski definition) is 3. The van der Waals surface area contributed by atoms with Gasteiger partial charge in [-0.2, -0.15) is 0 Å². The van der Waals surface area contributed by atoms with Crippen LogP contribution >= 0.6 is 12.4 Å². The SMILES string of the molecule is Cl.O=C(O)C1CCCN(S(=O)(=O)C2CC2)C1. The number of halogens is 1. The van der Waals surface area contributed by atoms with Gasteiger partial charge in [0.15, 0.2) is 0 Å². The number of sulfonamides is 1. The second-order valence-electron chi connectivity index (χ2n) is 4.28. The van der Waals surface area contributed by atoms with E-state index in [0.717, 1.165) is 12.8 Å². The Morgan fingerprint density at radius 3 is 2.38 bits per heavy atom. The van der Waals surface area contributed by atoms with Crippen molar-refractivity contribution in [2.24, 2.45) is 5.92 Å². The Hall–Kier alpha value is -0.330. The molecule has 2 aliphatic rings. The molecule has 1 unspecified atom stereocenters. The molecule has 1 saturated heterocycles. The number of carboxylic acids is 1. The summed E-state index contributed by atoms with van der Waals surface area (Å²) in [5.41, 5.74) is 0. The summed E-state index contributed by atoms with van der Waals surface area (Å²) >= 11 is 0. The normalized spacial score (nSPS) is 27.1. The van der Waals surface area contributed by atoms with Crippen molar-refractivity contribution in [2.75, 3.05) is 13.1 Å². The van der Waals surface area contributed by atoms with Crippen LogP contribution in [0.4, 0.5) is 0 Å². The van der Waals surface area contributed by atoms with E-state index in [4.69, 9.17) is 5.11 Å². The molecule has 0 bridgehead atoms. The van der Waals surface area contributed by atoms with Crippen LogP contribution in [0.1, 0.15) is 25.7 Å². The third kappa shape index (κ3) is 2.67. The van der Waals surface area contributed by atoms with Crippen molar-refractivity contribution in [3.63, 3.8) is 0 Å². The maximum Gasteiger partial charge on any atom is 0.307 e. The Bertz CT molecular complexity index is 366. The van der Waals surface area contributed by atoms with E-state index < -0.39 is 21.9 Å². The fourth-order valence-corrected chi connectivity index (χ4v) is 3.88. The molecule has 0 aromatic rings. The molecule has 1 atom stereocenters. The number of rotatable bonds is 3. The lowest BCUT2D eigenvalue weighted by Gasteiger charge is -2.29. The number of carbonyl (C=O) groups is 1. The molecule has 1 saturated carbocycles. The minimum atomic E-state index is -3.19. The van der Waals surface area contributed by atoms with Crippen LogP contribution in [0.2, 0.25) is 0 Å². The second-order valence-corrected chi connectivity index (χ2v) is 6.49. The Morgan fingerprint density at radius 2 is 1.88 bits per heavy atom. The van der Waals surface area contributed by atoms with Crippen LogP contribution in [0, 0.1) is 5.92 Å². The molecule has 0 aromatic carbocycles. The van der Waals surface area contributed by atoms with E-state index in [0.29, 0.717) is 19.4 Å². The summed E-state index contributed by atoms with van der Waals surface area (Å²) in [7, 11) is -3.19. The first kappa shape index (κ1) is 13.7. The molecule has 0 radical (unpaired) electrons. The van der Waals surface area contributed by atoms with Crippen LogP contribution in [0.3, 0.4) is 0 Å². The molecule has 5 nitrogen and oxygen atoms in total. The van der Waals surface area contributed by atoms with Gasteiger partial charge in [-0.05, 0) is 25.7 Å². The first-order valence-corrected chi connectivity index (χ1v) is 6.74. The molecule has 1 aliphatic heterocycles. The third-order valence-corrected chi connectivity index (χ3v) is 5.40. The molecule has 16 heavy (non-hydrogen) atoms. The summed E-state index contributed by atoms with van der Waals surface area (Å²) in [5, 5.41) is 8.62. The predicted octanol–water partition coefficient (Wildman–Crippen LogP) is 0.697. The quantitative estimate of drug-likeness (QED) is 0.818. The second kappa shape index (κ2) is 4.89. The average molecular weight is 270 g/mol. The highest BCUT2D eigenvalue weighted by molar-refractivity contribution is 7.90. The molecular weight excluding hydrogens is 254 g/mol. The minimum Gasteiger partial charge on any atom is -0.481 e. The van der Waals surface area contributed by atoms with Gasteiger partial charge in [-0.15, -0.1) is 12.4 Å². The van der Waals surface area contributed by atoms with Gasteiger partial charge >= 0.3 is 5.97 Å². The van der Waals surface area contributed by atoms with Gasteiger partial charge in [-0.25, -0.2) is 12.7 Å². The fourth-order valence-electron chi connectivity index (χ4n) is 1.95. The molecule has 2 rings (SSSR count). The summed E-state index contributed by atoms with van der Waals surface area (Å²) in [5.74, 6) is -1.40. The van der Waals surface area contributed by atoms with Gasteiger partial charge < -0.3 is 5.11 Å². The minimum absolute atomic E-state index is 0. The standard InChI is InChI=1S/C9H15NO4S.ClH/c11-9(12)7-2-1-5-10(6-7)15(13,14)8-3-4-8;/h7-8H,1-6H2,(H,11,12);1H. The number of carboxylic acid groups (broad SMARTS) is 1. The van der Waals surface area contributed by atoms with Crippen molar-refractivity contribution >= 4 is 28.4 Å². The van der Waals surface area contributed by atoms with Gasteiger partial charge in [0.2, 0.25) is 10.0 Å². The van der Waals surface area contributed by atoms with E-state index in [1.165, 1.54) is 4.31 Å². The molecule has 1 aliphatic carbocycles. The fraction of sp³-hybridized carbons (Fsp3) is 0.889. The largest absolute Gasteiger partial charge is 0.481 e. The molecule has 0 spiro atoms. The predicted molar refractivity (Wildman–Crippen MR) is 61.1 cm³/mol. The van der Waals surface area contributed by atoms with E-state index in [9.17, 15) is 13.2 Å². The van der Waals surface area contributed by atoms with Gasteiger partial charge in [0.25, 0.3) is 0 Å². The molecule has 2 fully saturated rings. The Labute approximate surface area is 101 Å². The van der Waals surface area contributed by atoms with Gasteiger partial charge in [-0.1, -0.05) is 0 Å². The number of hydrogen-bond donors (Lipinski definition) is 1. The van der Waals surface area contributed by atoms with Crippen molar-refractivity contribution in [1.82, 2.24) is 4.31 Å². The van der Waals surface area contributed by atoms with Crippen LogP contribution in [0.25, 0.3) is 0 Å². The van der Waals surface area contributed by atoms with Crippen LogP contribution in [0.5, 0.6) is 0 Å². The molecule has 1 heterocycles. The summed E-state index contributed by atoms with van der Waals surface area (Å²) < 4.78 is 25.1. The summed E-state index contributed by atoms with van der Waals surface area (Å²) in [6, 6.07) is 0. The van der Waals surface area contributed by atoms with Crippen LogP contribution in [0.15, 0.2) is 0 Å². The maximum absolute atomic E-state index is 11.8. The summed E-state index contributed by atoms with van der Waals surface area (Å²) in [4.78, 5) is 10.8. The first-order chi connectivity index (χ1) is 7.01. The van der Waals surface area contributed by atoms with E-state index in [-0.39, 0.29) is 24.2 Å². The van der Waals surface area contributed by atoms with Crippen molar-refractivity contribution in [1.29, 1.82) is 0 Å². The Kier molecular flexibility index (Phi) is 4.20. The van der Waals surface area contributed by atoms with Crippen molar-refractivity contribution in [3.8, 4) is 0 Å². The van der Waals surface area contributed by atoms with Crippen LogP contribution in [-0.4, -0.2) is 42.1 Å². The van der Waals surface area contributed by atoms with Gasteiger partial charge in [0, 0.05) is 13.1 Å².